The van der Waals surface area contributed by atoms with E-state index in [0.717, 1.165) is 5.56 Å². The molecule has 14 heavy (non-hydrogen) atoms. The SMILES string of the molecule is O=C1N[C@@H](CO)[C@H](c2ccccc2)N1. The van der Waals surface area contributed by atoms with Crippen LogP contribution in [0.25, 0.3) is 0 Å². The van der Waals surface area contributed by atoms with Crippen molar-refractivity contribution < 1.29 is 9.90 Å². The Morgan fingerprint density at radius 2 is 1.93 bits per heavy atom. The number of aliphatic hydroxyl groups excluding tert-OH is 1. The van der Waals surface area contributed by atoms with Gasteiger partial charge in [-0.25, -0.2) is 4.79 Å². The first-order valence-electron chi connectivity index (χ1n) is 4.54. The van der Waals surface area contributed by atoms with Crippen molar-refractivity contribution in [1.29, 1.82) is 0 Å². The Labute approximate surface area is 81.9 Å². The van der Waals surface area contributed by atoms with E-state index >= 15 is 0 Å². The van der Waals surface area contributed by atoms with Gasteiger partial charge < -0.3 is 15.7 Å². The van der Waals surface area contributed by atoms with E-state index in [4.69, 9.17) is 5.11 Å². The third kappa shape index (κ3) is 1.56. The molecule has 0 aliphatic carbocycles. The van der Waals surface area contributed by atoms with Crippen molar-refractivity contribution in [3.05, 3.63) is 35.9 Å². The molecule has 4 nitrogen and oxygen atoms in total. The van der Waals surface area contributed by atoms with Crippen LogP contribution >= 0.6 is 0 Å². The summed E-state index contributed by atoms with van der Waals surface area (Å²) in [5, 5.41) is 14.5. The average Bonchev–Trinajstić information content (AvgIpc) is 2.61. The van der Waals surface area contributed by atoms with Gasteiger partial charge in [0.25, 0.3) is 0 Å². The normalized spacial score (nSPS) is 25.6. The second-order valence-electron chi connectivity index (χ2n) is 3.30. The molecule has 0 bridgehead atoms. The summed E-state index contributed by atoms with van der Waals surface area (Å²) in [7, 11) is 0. The highest BCUT2D eigenvalue weighted by Crippen LogP contribution is 2.19. The number of carbonyl (C=O) groups is 1. The molecule has 1 aromatic rings. The Morgan fingerprint density at radius 1 is 1.21 bits per heavy atom. The first-order valence-corrected chi connectivity index (χ1v) is 4.54. The van der Waals surface area contributed by atoms with Crippen LogP contribution in [0.1, 0.15) is 11.6 Å². The zero-order valence-corrected chi connectivity index (χ0v) is 7.60. The Morgan fingerprint density at radius 3 is 2.57 bits per heavy atom. The van der Waals surface area contributed by atoms with Gasteiger partial charge in [-0.15, -0.1) is 0 Å². The number of hydrogen-bond acceptors (Lipinski definition) is 2. The second kappa shape index (κ2) is 3.67. The van der Waals surface area contributed by atoms with Crippen LogP contribution in [-0.2, 0) is 0 Å². The molecular weight excluding hydrogens is 180 g/mol. The van der Waals surface area contributed by atoms with Gasteiger partial charge in [0.05, 0.1) is 18.7 Å². The zero-order chi connectivity index (χ0) is 9.97. The van der Waals surface area contributed by atoms with Gasteiger partial charge >= 0.3 is 6.03 Å². The molecule has 2 atom stereocenters. The molecule has 1 aromatic carbocycles. The standard InChI is InChI=1S/C10H12N2O2/c13-6-8-9(12-10(14)11-8)7-4-2-1-3-5-7/h1-5,8-9,13H,6H2,(H2,11,12,14)/t8-,9-/m0/s1. The van der Waals surface area contributed by atoms with Gasteiger partial charge in [-0.1, -0.05) is 30.3 Å². The summed E-state index contributed by atoms with van der Waals surface area (Å²) >= 11 is 0. The Balaban J connectivity index is 2.22. The summed E-state index contributed by atoms with van der Waals surface area (Å²) in [4.78, 5) is 11.1. The number of carbonyl (C=O) groups excluding carboxylic acids is 1. The van der Waals surface area contributed by atoms with Gasteiger partial charge in [-0.05, 0) is 5.56 Å². The number of hydrogen-bond donors (Lipinski definition) is 3. The number of benzene rings is 1. The van der Waals surface area contributed by atoms with E-state index in [0.29, 0.717) is 0 Å². The van der Waals surface area contributed by atoms with E-state index in [9.17, 15) is 4.79 Å². The molecular formula is C10H12N2O2. The monoisotopic (exact) mass is 192 g/mol. The fourth-order valence-corrected chi connectivity index (χ4v) is 1.66. The van der Waals surface area contributed by atoms with E-state index in [-0.39, 0.29) is 24.7 Å². The molecule has 2 amide bonds. The van der Waals surface area contributed by atoms with E-state index in [1.807, 2.05) is 30.3 Å². The van der Waals surface area contributed by atoms with Gasteiger partial charge in [-0.2, -0.15) is 0 Å². The third-order valence-electron chi connectivity index (χ3n) is 2.36. The minimum Gasteiger partial charge on any atom is -0.394 e. The van der Waals surface area contributed by atoms with Crippen molar-refractivity contribution in [3.8, 4) is 0 Å². The van der Waals surface area contributed by atoms with Crippen molar-refractivity contribution >= 4 is 6.03 Å². The first kappa shape index (κ1) is 9.02. The largest absolute Gasteiger partial charge is 0.394 e. The molecule has 1 fully saturated rings. The molecule has 0 saturated carbocycles. The van der Waals surface area contributed by atoms with Crippen molar-refractivity contribution in [2.45, 2.75) is 12.1 Å². The van der Waals surface area contributed by atoms with E-state index in [1.54, 1.807) is 0 Å². The molecule has 0 spiro atoms. The second-order valence-corrected chi connectivity index (χ2v) is 3.30. The smallest absolute Gasteiger partial charge is 0.315 e. The van der Waals surface area contributed by atoms with Crippen LogP contribution in [-0.4, -0.2) is 23.8 Å². The quantitative estimate of drug-likeness (QED) is 0.635. The molecule has 1 saturated heterocycles. The highest BCUT2D eigenvalue weighted by atomic mass is 16.3. The predicted molar refractivity (Wildman–Crippen MR) is 51.7 cm³/mol. The van der Waals surface area contributed by atoms with Gasteiger partial charge in [-0.3, -0.25) is 0 Å². The molecule has 0 unspecified atom stereocenters. The van der Waals surface area contributed by atoms with Gasteiger partial charge in [0.2, 0.25) is 0 Å². The topological polar surface area (TPSA) is 61.4 Å². The van der Waals surface area contributed by atoms with Gasteiger partial charge in [0.1, 0.15) is 0 Å². The number of nitrogens with one attached hydrogen (secondary N) is 2. The maximum atomic E-state index is 11.1. The molecule has 3 N–H and O–H groups in total. The minimum absolute atomic E-state index is 0.0572. The summed E-state index contributed by atoms with van der Waals surface area (Å²) < 4.78 is 0. The molecule has 4 heteroatoms. The van der Waals surface area contributed by atoms with Gasteiger partial charge in [0, 0.05) is 0 Å². The number of aliphatic hydroxyl groups is 1. The van der Waals surface area contributed by atoms with Crippen LogP contribution in [0.4, 0.5) is 4.79 Å². The number of urea groups is 1. The van der Waals surface area contributed by atoms with Crippen molar-refractivity contribution in [1.82, 2.24) is 10.6 Å². The molecule has 1 aliphatic heterocycles. The lowest BCUT2D eigenvalue weighted by atomic mass is 10.0. The molecule has 0 aromatic heterocycles. The summed E-state index contributed by atoms with van der Waals surface area (Å²) in [6, 6.07) is 9.02. The van der Waals surface area contributed by atoms with Crippen LogP contribution in [0, 0.1) is 0 Å². The number of amides is 2. The van der Waals surface area contributed by atoms with E-state index in [2.05, 4.69) is 10.6 Å². The third-order valence-corrected chi connectivity index (χ3v) is 2.36. The maximum absolute atomic E-state index is 11.1. The minimum atomic E-state index is -0.232. The predicted octanol–water partition coefficient (Wildman–Crippen LogP) is 0.401. The average molecular weight is 192 g/mol. The highest BCUT2D eigenvalue weighted by molar-refractivity contribution is 5.77. The van der Waals surface area contributed by atoms with E-state index in [1.165, 1.54) is 0 Å². The van der Waals surface area contributed by atoms with Crippen molar-refractivity contribution in [2.24, 2.45) is 0 Å². The van der Waals surface area contributed by atoms with Crippen LogP contribution < -0.4 is 10.6 Å². The van der Waals surface area contributed by atoms with Gasteiger partial charge in [0.15, 0.2) is 0 Å². The first-order chi connectivity index (χ1) is 6.81. The fourth-order valence-electron chi connectivity index (χ4n) is 1.66. The Bertz CT molecular complexity index is 326. The molecule has 0 radical (unpaired) electrons. The molecule has 1 heterocycles. The van der Waals surface area contributed by atoms with Crippen LogP contribution in [0.5, 0.6) is 0 Å². The summed E-state index contributed by atoms with van der Waals surface area (Å²) in [6.45, 7) is -0.0572. The lowest BCUT2D eigenvalue weighted by Crippen LogP contribution is -2.31. The summed E-state index contributed by atoms with van der Waals surface area (Å²) in [6.07, 6.45) is 0. The Hall–Kier alpha value is -1.55. The summed E-state index contributed by atoms with van der Waals surface area (Å²) in [5.74, 6) is 0. The molecule has 1 aliphatic rings. The molecule has 74 valence electrons. The zero-order valence-electron chi connectivity index (χ0n) is 7.60. The summed E-state index contributed by atoms with van der Waals surface area (Å²) in [5.41, 5.74) is 1.00. The maximum Gasteiger partial charge on any atom is 0.315 e. The highest BCUT2D eigenvalue weighted by Gasteiger charge is 2.31. The fraction of sp³-hybridized carbons (Fsp3) is 0.300. The Kier molecular flexibility index (Phi) is 2.37. The number of rotatable bonds is 2. The van der Waals surface area contributed by atoms with Crippen molar-refractivity contribution in [2.75, 3.05) is 6.61 Å². The van der Waals surface area contributed by atoms with Crippen LogP contribution in [0.2, 0.25) is 0 Å². The molecule has 2 rings (SSSR count). The van der Waals surface area contributed by atoms with Crippen LogP contribution in [0.3, 0.4) is 0 Å². The van der Waals surface area contributed by atoms with Crippen molar-refractivity contribution in [3.63, 3.8) is 0 Å². The lowest BCUT2D eigenvalue weighted by molar-refractivity contribution is 0.235. The van der Waals surface area contributed by atoms with E-state index < -0.39 is 0 Å². The lowest BCUT2D eigenvalue weighted by Gasteiger charge is -2.15. The van der Waals surface area contributed by atoms with Crippen LogP contribution in [0.15, 0.2) is 30.3 Å².